The van der Waals surface area contributed by atoms with Crippen LogP contribution in [0.5, 0.6) is 0 Å². The zero-order valence-electron chi connectivity index (χ0n) is 12.8. The summed E-state index contributed by atoms with van der Waals surface area (Å²) in [4.78, 5) is 8.54. The number of hydrogen-bond donors (Lipinski definition) is 0. The molecule has 0 radical (unpaired) electrons. The largest absolute Gasteiger partial charge is 0.351 e. The monoisotopic (exact) mass is 298 g/mol. The van der Waals surface area contributed by atoms with E-state index in [1.54, 1.807) is 18.2 Å². The van der Waals surface area contributed by atoms with Gasteiger partial charge in [0.25, 0.3) is 0 Å². The topological polar surface area (TPSA) is 43.2 Å². The van der Waals surface area contributed by atoms with E-state index in [-0.39, 0.29) is 5.82 Å². The van der Waals surface area contributed by atoms with Crippen molar-refractivity contribution in [2.75, 3.05) is 32.1 Å². The van der Waals surface area contributed by atoms with E-state index >= 15 is 0 Å². The number of anilines is 1. The van der Waals surface area contributed by atoms with Crippen molar-refractivity contribution in [2.45, 2.75) is 6.54 Å². The normalized spacial score (nSPS) is 10.5. The predicted molar refractivity (Wildman–Crippen MR) is 85.0 cm³/mol. The van der Waals surface area contributed by atoms with Gasteiger partial charge < -0.3 is 9.80 Å². The minimum Gasteiger partial charge on any atom is -0.351 e. The van der Waals surface area contributed by atoms with Gasteiger partial charge in [0.05, 0.1) is 0 Å². The number of halogens is 1. The van der Waals surface area contributed by atoms with Gasteiger partial charge in [-0.05, 0) is 43.9 Å². The Morgan fingerprint density at radius 3 is 2.45 bits per heavy atom. The molecule has 22 heavy (non-hydrogen) atoms. The van der Waals surface area contributed by atoms with Crippen LogP contribution >= 0.6 is 0 Å². The standard InChI is InChI=1S/C17H19FN4/c1-21(2)10-11-22(13-14-6-8-15(18)9-7-14)17-5-3-4-16(12-19)20-17/h3-9H,10-11,13H2,1-2H3. The average molecular weight is 298 g/mol. The van der Waals surface area contributed by atoms with Crippen molar-refractivity contribution in [1.82, 2.24) is 9.88 Å². The number of hydrogen-bond acceptors (Lipinski definition) is 4. The van der Waals surface area contributed by atoms with Crippen LogP contribution in [0.2, 0.25) is 0 Å². The summed E-state index contributed by atoms with van der Waals surface area (Å²) in [6, 6.07) is 13.9. The molecule has 0 aliphatic rings. The van der Waals surface area contributed by atoms with Gasteiger partial charge in [-0.15, -0.1) is 0 Å². The molecule has 0 saturated heterocycles. The molecule has 2 rings (SSSR count). The molecule has 0 N–H and O–H groups in total. The van der Waals surface area contributed by atoms with E-state index in [1.165, 1.54) is 12.1 Å². The maximum absolute atomic E-state index is 13.0. The highest BCUT2D eigenvalue weighted by Gasteiger charge is 2.10. The van der Waals surface area contributed by atoms with Gasteiger partial charge in [0.1, 0.15) is 23.4 Å². The van der Waals surface area contributed by atoms with E-state index in [4.69, 9.17) is 5.26 Å². The molecule has 0 saturated carbocycles. The zero-order valence-corrected chi connectivity index (χ0v) is 12.8. The molecule has 1 heterocycles. The molecule has 114 valence electrons. The Kier molecular flexibility index (Phi) is 5.45. The summed E-state index contributed by atoms with van der Waals surface area (Å²) in [6.45, 7) is 2.25. The SMILES string of the molecule is CN(C)CCN(Cc1ccc(F)cc1)c1cccc(C#N)n1. The molecule has 1 aromatic carbocycles. The average Bonchev–Trinajstić information content (AvgIpc) is 2.53. The number of benzene rings is 1. The summed E-state index contributed by atoms with van der Waals surface area (Å²) in [5.41, 5.74) is 1.40. The molecule has 1 aromatic heterocycles. The lowest BCUT2D eigenvalue weighted by Gasteiger charge is -2.25. The third-order valence-electron chi connectivity index (χ3n) is 3.28. The number of nitrogens with zero attached hydrogens (tertiary/aromatic N) is 4. The summed E-state index contributed by atoms with van der Waals surface area (Å²) in [6.07, 6.45) is 0. The number of likely N-dealkylation sites (N-methyl/N-ethyl adjacent to an activating group) is 1. The number of rotatable bonds is 6. The Labute approximate surface area is 130 Å². The molecule has 0 aliphatic heterocycles. The van der Waals surface area contributed by atoms with Crippen LogP contribution in [0.3, 0.4) is 0 Å². The highest BCUT2D eigenvalue weighted by atomic mass is 19.1. The van der Waals surface area contributed by atoms with E-state index in [0.29, 0.717) is 12.2 Å². The first kappa shape index (κ1) is 15.9. The van der Waals surface area contributed by atoms with Crippen molar-refractivity contribution in [3.63, 3.8) is 0 Å². The van der Waals surface area contributed by atoms with E-state index in [0.717, 1.165) is 24.5 Å². The van der Waals surface area contributed by atoms with Crippen molar-refractivity contribution in [3.05, 3.63) is 59.5 Å². The Bertz CT molecular complexity index is 646. The second-order valence-corrected chi connectivity index (χ2v) is 5.34. The molecule has 5 heteroatoms. The van der Waals surface area contributed by atoms with Gasteiger partial charge in [0, 0.05) is 19.6 Å². The van der Waals surface area contributed by atoms with Crippen LogP contribution in [-0.4, -0.2) is 37.1 Å². The lowest BCUT2D eigenvalue weighted by Crippen LogP contribution is -2.32. The first-order valence-corrected chi connectivity index (χ1v) is 7.10. The second-order valence-electron chi connectivity index (χ2n) is 5.34. The van der Waals surface area contributed by atoms with E-state index in [2.05, 4.69) is 20.9 Å². The number of pyridine rings is 1. The van der Waals surface area contributed by atoms with Crippen LogP contribution in [-0.2, 0) is 6.54 Å². The van der Waals surface area contributed by atoms with Gasteiger partial charge in [-0.2, -0.15) is 5.26 Å². The van der Waals surface area contributed by atoms with Gasteiger partial charge in [-0.3, -0.25) is 0 Å². The fourth-order valence-corrected chi connectivity index (χ4v) is 2.07. The maximum Gasteiger partial charge on any atom is 0.142 e. The first-order valence-electron chi connectivity index (χ1n) is 7.10. The van der Waals surface area contributed by atoms with Crippen molar-refractivity contribution in [3.8, 4) is 6.07 Å². The molecule has 0 fully saturated rings. The molecule has 0 atom stereocenters. The van der Waals surface area contributed by atoms with Crippen molar-refractivity contribution >= 4 is 5.82 Å². The molecule has 0 amide bonds. The zero-order chi connectivity index (χ0) is 15.9. The van der Waals surface area contributed by atoms with Crippen LogP contribution in [0.4, 0.5) is 10.2 Å². The summed E-state index contributed by atoms with van der Waals surface area (Å²) in [5, 5.41) is 9.00. The fraction of sp³-hybridized carbons (Fsp3) is 0.294. The van der Waals surface area contributed by atoms with Crippen LogP contribution in [0, 0.1) is 17.1 Å². The highest BCUT2D eigenvalue weighted by molar-refractivity contribution is 5.42. The summed E-state index contributed by atoms with van der Waals surface area (Å²) >= 11 is 0. The molecule has 0 aliphatic carbocycles. The Balaban J connectivity index is 2.21. The van der Waals surface area contributed by atoms with Crippen molar-refractivity contribution in [1.29, 1.82) is 5.26 Å². The van der Waals surface area contributed by atoms with Gasteiger partial charge in [0.2, 0.25) is 0 Å². The van der Waals surface area contributed by atoms with Crippen LogP contribution in [0.25, 0.3) is 0 Å². The van der Waals surface area contributed by atoms with Gasteiger partial charge >= 0.3 is 0 Å². The molecule has 4 nitrogen and oxygen atoms in total. The Hall–Kier alpha value is -2.45. The van der Waals surface area contributed by atoms with E-state index < -0.39 is 0 Å². The fourth-order valence-electron chi connectivity index (χ4n) is 2.07. The van der Waals surface area contributed by atoms with E-state index in [9.17, 15) is 4.39 Å². The molecule has 2 aromatic rings. The second kappa shape index (κ2) is 7.53. The summed E-state index contributed by atoms with van der Waals surface area (Å²) in [7, 11) is 4.02. The Morgan fingerprint density at radius 2 is 1.82 bits per heavy atom. The van der Waals surface area contributed by atoms with Gasteiger partial charge in [-0.1, -0.05) is 18.2 Å². The first-order chi connectivity index (χ1) is 10.6. The maximum atomic E-state index is 13.0. The third kappa shape index (κ3) is 4.54. The number of nitriles is 1. The van der Waals surface area contributed by atoms with Gasteiger partial charge in [-0.25, -0.2) is 9.37 Å². The molecular formula is C17H19FN4. The lowest BCUT2D eigenvalue weighted by atomic mass is 10.2. The minimum atomic E-state index is -0.242. The summed E-state index contributed by atoms with van der Waals surface area (Å²) < 4.78 is 13.0. The quantitative estimate of drug-likeness (QED) is 0.822. The summed E-state index contributed by atoms with van der Waals surface area (Å²) in [5.74, 6) is 0.512. The molecule has 0 unspecified atom stereocenters. The third-order valence-corrected chi connectivity index (χ3v) is 3.28. The minimum absolute atomic E-state index is 0.242. The number of aromatic nitrogens is 1. The van der Waals surface area contributed by atoms with Crippen molar-refractivity contribution in [2.24, 2.45) is 0 Å². The van der Waals surface area contributed by atoms with Crippen LogP contribution in [0.1, 0.15) is 11.3 Å². The smallest absolute Gasteiger partial charge is 0.142 e. The molecule has 0 spiro atoms. The van der Waals surface area contributed by atoms with Crippen LogP contribution < -0.4 is 4.90 Å². The molecular weight excluding hydrogens is 279 g/mol. The van der Waals surface area contributed by atoms with E-state index in [1.807, 2.05) is 26.2 Å². The lowest BCUT2D eigenvalue weighted by molar-refractivity contribution is 0.412. The molecule has 0 bridgehead atoms. The van der Waals surface area contributed by atoms with Crippen molar-refractivity contribution < 1.29 is 4.39 Å². The Morgan fingerprint density at radius 1 is 1.09 bits per heavy atom. The van der Waals surface area contributed by atoms with Gasteiger partial charge in [0.15, 0.2) is 0 Å². The predicted octanol–water partition coefficient (Wildman–Crippen LogP) is 2.66. The van der Waals surface area contributed by atoms with Crippen LogP contribution in [0.15, 0.2) is 42.5 Å². The highest BCUT2D eigenvalue weighted by Crippen LogP contribution is 2.15.